The van der Waals surface area contributed by atoms with E-state index in [2.05, 4.69) is 5.32 Å². The number of carbonyl (C=O) groups is 6. The fourth-order valence-electron chi connectivity index (χ4n) is 9.55. The summed E-state index contributed by atoms with van der Waals surface area (Å²) in [5.74, 6) is -5.55. The number of carbonyl (C=O) groups excluding carboxylic acids is 6. The largest absolute Gasteiger partial charge is 0.509 e. The number of nitrogens with one attached hydrogen (secondary N) is 1. The number of hydrogen-bond donors (Lipinski definition) is 4. The topological polar surface area (TPSA) is 240 Å². The Hall–Kier alpha value is -4.88. The first-order valence-electron chi connectivity index (χ1n) is 19.8. The molecule has 6 rings (SSSR count). The van der Waals surface area contributed by atoms with Crippen LogP contribution in [0.3, 0.4) is 0 Å². The van der Waals surface area contributed by atoms with Crippen LogP contribution >= 0.6 is 11.3 Å². The van der Waals surface area contributed by atoms with E-state index in [1.54, 1.807) is 56.5 Å². The molecule has 2 aromatic rings. The number of methoxy groups -OCH3 is 1. The molecule has 11 atom stereocenters. The van der Waals surface area contributed by atoms with Crippen molar-refractivity contribution >= 4 is 47.3 Å². The average Bonchev–Trinajstić information content (AvgIpc) is 3.72. The van der Waals surface area contributed by atoms with Crippen LogP contribution in [0.1, 0.15) is 89.5 Å². The van der Waals surface area contributed by atoms with E-state index in [1.807, 2.05) is 0 Å². The molecule has 1 amide bonds. The molecule has 0 spiro atoms. The number of esters is 3. The van der Waals surface area contributed by atoms with Crippen LogP contribution in [0.15, 0.2) is 59.0 Å². The molecule has 1 aromatic heterocycles. The zero-order chi connectivity index (χ0) is 45.0. The number of ketones is 1. The number of aliphatic hydroxyl groups is 3. The van der Waals surface area contributed by atoms with Crippen LogP contribution in [0.2, 0.25) is 0 Å². The summed E-state index contributed by atoms with van der Waals surface area (Å²) in [6.07, 6.45) is -13.1. The van der Waals surface area contributed by atoms with E-state index in [0.29, 0.717) is 4.88 Å². The Labute approximate surface area is 356 Å². The molecule has 2 unspecified atom stereocenters. The minimum atomic E-state index is -2.43. The molecule has 2 saturated carbocycles. The highest BCUT2D eigenvalue weighted by Crippen LogP contribution is 2.64. The number of ether oxygens (including phenoxy) is 7. The monoisotopic (exact) mass is 871 g/mol. The molecule has 3 fully saturated rings. The summed E-state index contributed by atoms with van der Waals surface area (Å²) in [4.78, 5) is 83.3. The van der Waals surface area contributed by atoms with Crippen molar-refractivity contribution in [1.82, 2.24) is 5.32 Å². The van der Waals surface area contributed by atoms with Crippen molar-refractivity contribution in [2.24, 2.45) is 16.7 Å². The predicted molar refractivity (Wildman–Crippen MR) is 213 cm³/mol. The predicted octanol–water partition coefficient (Wildman–Crippen LogP) is 4.11. The van der Waals surface area contributed by atoms with Gasteiger partial charge in [-0.15, -0.1) is 11.3 Å². The fourth-order valence-corrected chi connectivity index (χ4v) is 10.4. The highest BCUT2D eigenvalue weighted by atomic mass is 32.1. The van der Waals surface area contributed by atoms with E-state index in [0.717, 1.165) is 25.4 Å². The first-order valence-corrected chi connectivity index (χ1v) is 20.7. The van der Waals surface area contributed by atoms with Gasteiger partial charge in [-0.05, 0) is 69.3 Å². The Kier molecular flexibility index (Phi) is 12.3. The summed E-state index contributed by atoms with van der Waals surface area (Å²) in [6, 6.07) is 9.64. The Balaban J connectivity index is 1.54. The summed E-state index contributed by atoms with van der Waals surface area (Å²) >= 11 is 1.13. The van der Waals surface area contributed by atoms with Gasteiger partial charge in [-0.3, -0.25) is 9.59 Å². The van der Waals surface area contributed by atoms with Gasteiger partial charge in [0.15, 0.2) is 23.6 Å². The van der Waals surface area contributed by atoms with Gasteiger partial charge in [0.1, 0.15) is 35.6 Å². The molecule has 2 heterocycles. The van der Waals surface area contributed by atoms with Crippen LogP contribution in [-0.4, -0.2) is 118 Å². The summed E-state index contributed by atoms with van der Waals surface area (Å²) in [7, 11) is 1.02. The maximum absolute atomic E-state index is 15.5. The minimum absolute atomic E-state index is 0.0520. The van der Waals surface area contributed by atoms with Crippen molar-refractivity contribution in [2.45, 2.75) is 128 Å². The van der Waals surface area contributed by atoms with Crippen molar-refractivity contribution in [2.75, 3.05) is 13.7 Å². The van der Waals surface area contributed by atoms with Gasteiger partial charge in [-0.2, -0.15) is 0 Å². The van der Waals surface area contributed by atoms with E-state index < -0.39 is 119 Å². The molecule has 1 saturated heterocycles. The van der Waals surface area contributed by atoms with E-state index >= 15 is 4.79 Å². The van der Waals surface area contributed by atoms with Crippen molar-refractivity contribution in [3.05, 3.63) is 69.4 Å². The normalized spacial score (nSPS) is 32.5. The van der Waals surface area contributed by atoms with Crippen molar-refractivity contribution in [3.63, 3.8) is 0 Å². The number of thiophene rings is 1. The Morgan fingerprint density at radius 3 is 2.23 bits per heavy atom. The zero-order valence-corrected chi connectivity index (χ0v) is 36.2. The smallest absolute Gasteiger partial charge is 0.456 e. The molecular formula is C43H53NO16S. The van der Waals surface area contributed by atoms with Crippen LogP contribution in [0.5, 0.6) is 0 Å². The summed E-state index contributed by atoms with van der Waals surface area (Å²) in [5.41, 5.74) is -8.90. The second-order valence-electron chi connectivity index (χ2n) is 17.7. The van der Waals surface area contributed by atoms with Crippen LogP contribution in [0.4, 0.5) is 9.59 Å². The van der Waals surface area contributed by atoms with Gasteiger partial charge in [0.25, 0.3) is 0 Å². The van der Waals surface area contributed by atoms with Crippen molar-refractivity contribution < 1.29 is 77.2 Å². The van der Waals surface area contributed by atoms with E-state index in [9.17, 15) is 39.3 Å². The standard InChI is InChI=1S/C43H53NO16S/c1-21-24(56-36(50)30(47)29(25-16-13-17-61-25)44-37(51)60-39(3,4)5)19-43(53)34(58-35(49)23-14-11-10-12-15-23)32-41(8,26(46)18-27-42(32,20-55-27)59-22(2)45)33(48)31(57-38(52)54-9)28(21)40(43,6)7/h10-17,24,26-27,29-32,34,46-47,53H,18-20H2,1-9H3,(H,44,51)/t24-,26-,27+,29-,30+,31+,32?,34?,41+,42-,43+/m0/s1. The second kappa shape index (κ2) is 16.4. The SMILES string of the molecule is COC(=O)O[C@H]1C(=O)[C@@]2(C)C(C(OC(=O)c3ccccc3)[C@]3(O)C[C@H](OC(=O)[C@H](O)[C@@H](NC(=O)OC(C)(C)C)c4cccs4)C(C)=C1C3(C)C)[C@]1(OC(C)=O)CO[C@@H]1C[C@@H]2O. The van der Waals surface area contributed by atoms with E-state index in [4.69, 9.17) is 33.2 Å². The minimum Gasteiger partial charge on any atom is -0.456 e. The first-order chi connectivity index (χ1) is 28.4. The zero-order valence-electron chi connectivity index (χ0n) is 35.4. The number of rotatable bonds is 9. The molecule has 18 heteroatoms. The number of hydrogen-bond acceptors (Lipinski definition) is 17. The number of amides is 1. The Morgan fingerprint density at radius 2 is 1.67 bits per heavy atom. The molecule has 0 radical (unpaired) electrons. The van der Waals surface area contributed by atoms with E-state index in [1.165, 1.54) is 39.8 Å². The molecule has 17 nitrogen and oxygen atoms in total. The van der Waals surface area contributed by atoms with Gasteiger partial charge in [0.05, 0.1) is 36.7 Å². The lowest BCUT2D eigenvalue weighted by Crippen LogP contribution is -2.82. The average molecular weight is 872 g/mol. The van der Waals surface area contributed by atoms with Crippen molar-refractivity contribution in [3.8, 4) is 0 Å². The number of benzene rings is 1. The Bertz CT molecular complexity index is 2080. The van der Waals surface area contributed by atoms with Crippen LogP contribution < -0.4 is 5.32 Å². The maximum Gasteiger partial charge on any atom is 0.509 e. The van der Waals surface area contributed by atoms with Crippen LogP contribution in [-0.2, 0) is 47.5 Å². The number of aliphatic hydroxyl groups excluding tert-OH is 2. The molecule has 4 N–H and O–H groups in total. The summed E-state index contributed by atoms with van der Waals surface area (Å²) in [5, 5.41) is 41.5. The summed E-state index contributed by atoms with van der Waals surface area (Å²) < 4.78 is 40.3. The third-order valence-corrected chi connectivity index (χ3v) is 13.6. The molecule has 2 bridgehead atoms. The van der Waals surface area contributed by atoms with Gasteiger partial charge in [-0.1, -0.05) is 38.1 Å². The molecule has 1 aliphatic heterocycles. The van der Waals surface area contributed by atoms with Crippen LogP contribution in [0, 0.1) is 16.7 Å². The van der Waals surface area contributed by atoms with Gasteiger partial charge in [0, 0.05) is 30.1 Å². The molecule has 3 aliphatic carbocycles. The fraction of sp³-hybridized carbons (Fsp3) is 0.581. The highest BCUT2D eigenvalue weighted by molar-refractivity contribution is 7.10. The summed E-state index contributed by atoms with van der Waals surface area (Å²) in [6.45, 7) is 11.6. The quantitative estimate of drug-likeness (QED) is 0.158. The molecule has 1 aromatic carbocycles. The van der Waals surface area contributed by atoms with Gasteiger partial charge in [-0.25, -0.2) is 19.2 Å². The first kappa shape index (κ1) is 45.6. The highest BCUT2D eigenvalue weighted by Gasteiger charge is 2.78. The number of fused-ring (bicyclic) bond motifs is 5. The third kappa shape index (κ3) is 7.92. The van der Waals surface area contributed by atoms with E-state index in [-0.39, 0.29) is 29.7 Å². The lowest BCUT2D eigenvalue weighted by atomic mass is 9.44. The lowest BCUT2D eigenvalue weighted by Gasteiger charge is -2.67. The third-order valence-electron chi connectivity index (χ3n) is 12.6. The Morgan fingerprint density at radius 1 is 1.00 bits per heavy atom. The number of alkyl carbamates (subject to hydrolysis) is 1. The van der Waals surface area contributed by atoms with Gasteiger partial charge in [0.2, 0.25) is 0 Å². The molecular weight excluding hydrogens is 819 g/mol. The van der Waals surface area contributed by atoms with Crippen molar-refractivity contribution in [1.29, 1.82) is 0 Å². The lowest BCUT2D eigenvalue weighted by molar-refractivity contribution is -0.346. The van der Waals surface area contributed by atoms with Gasteiger partial charge >= 0.3 is 30.2 Å². The van der Waals surface area contributed by atoms with Gasteiger partial charge < -0.3 is 53.8 Å². The molecule has 4 aliphatic rings. The number of Topliss-reactive ketones (excluding diaryl/α,β-unsaturated/α-hetero) is 1. The maximum atomic E-state index is 15.5. The molecule has 61 heavy (non-hydrogen) atoms. The molecule has 332 valence electrons. The van der Waals surface area contributed by atoms with Crippen LogP contribution in [0.25, 0.3) is 0 Å². The second-order valence-corrected chi connectivity index (χ2v) is 18.7.